The third kappa shape index (κ3) is 3.07. The highest BCUT2D eigenvalue weighted by molar-refractivity contribution is 8.03. The number of halogens is 2. The van der Waals surface area contributed by atoms with Gasteiger partial charge in [-0.1, -0.05) is 4.13 Å². The van der Waals surface area contributed by atoms with Crippen molar-refractivity contribution in [1.29, 1.82) is 0 Å². The van der Waals surface area contributed by atoms with Gasteiger partial charge < -0.3 is 4.74 Å². The van der Waals surface area contributed by atoms with Crippen LogP contribution in [0.25, 0.3) is 0 Å². The van der Waals surface area contributed by atoms with Crippen molar-refractivity contribution in [3.05, 3.63) is 0 Å². The minimum Gasteiger partial charge on any atom is -0.464 e. The van der Waals surface area contributed by atoms with Gasteiger partial charge in [-0.2, -0.15) is 17.2 Å². The quantitative estimate of drug-likeness (QED) is 0.614. The number of rotatable bonds is 5. The fourth-order valence-corrected chi connectivity index (χ4v) is 2.52. The van der Waals surface area contributed by atoms with Crippen molar-refractivity contribution in [3.8, 4) is 0 Å². The van der Waals surface area contributed by atoms with Crippen LogP contribution in [0.4, 0.5) is 8.78 Å². The predicted molar refractivity (Wildman–Crippen MR) is 44.9 cm³/mol. The third-order valence-corrected chi connectivity index (χ3v) is 4.17. The molecule has 0 saturated carbocycles. The molecule has 0 heterocycles. The first-order valence-electron chi connectivity index (χ1n) is 3.30. The van der Waals surface area contributed by atoms with E-state index >= 15 is 0 Å². The minimum atomic E-state index is -5.81. The Hall–Kier alpha value is -0.850. The molecule has 0 atom stereocenters. The van der Waals surface area contributed by atoms with Gasteiger partial charge in [-0.15, -0.1) is 0 Å². The SMILES string of the molecule is COC(=O)C(F)(F)S(=O)(=O)NS(=O)(=O)OC. The standard InChI is InChI=1S/C4H7F2NO7S2/c1-13-3(8)4(5,6)15(9,10)7-16(11,12)14-2/h7H,1-2H3. The number of hydrogen-bond donors (Lipinski definition) is 1. The highest BCUT2D eigenvalue weighted by Gasteiger charge is 2.56. The second kappa shape index (κ2) is 4.57. The number of alkyl halides is 2. The van der Waals surface area contributed by atoms with Crippen molar-refractivity contribution in [3.63, 3.8) is 0 Å². The van der Waals surface area contributed by atoms with Crippen molar-refractivity contribution < 1.29 is 39.3 Å². The smallest absolute Gasteiger partial charge is 0.455 e. The van der Waals surface area contributed by atoms with Crippen LogP contribution in [0.1, 0.15) is 0 Å². The maximum absolute atomic E-state index is 12.8. The van der Waals surface area contributed by atoms with E-state index in [1.807, 2.05) is 0 Å². The normalized spacial score (nSPS) is 13.5. The van der Waals surface area contributed by atoms with Crippen LogP contribution >= 0.6 is 0 Å². The first kappa shape index (κ1) is 15.2. The molecule has 0 spiro atoms. The lowest BCUT2D eigenvalue weighted by Gasteiger charge is -2.13. The molecular formula is C4H7F2NO7S2. The monoisotopic (exact) mass is 283 g/mol. The molecule has 0 fully saturated rings. The Balaban J connectivity index is 5.32. The average Bonchev–Trinajstić information content (AvgIpc) is 2.14. The number of sulfonamides is 1. The lowest BCUT2D eigenvalue weighted by Crippen LogP contribution is -2.48. The molecule has 8 nitrogen and oxygen atoms in total. The Kier molecular flexibility index (Phi) is 4.32. The van der Waals surface area contributed by atoms with E-state index in [-0.39, 0.29) is 0 Å². The van der Waals surface area contributed by atoms with Crippen LogP contribution in [-0.2, 0) is 34.0 Å². The summed E-state index contributed by atoms with van der Waals surface area (Å²) < 4.78 is 76.0. The fraction of sp³-hybridized carbons (Fsp3) is 0.750. The van der Waals surface area contributed by atoms with Gasteiger partial charge in [-0.3, -0.25) is 4.18 Å². The molecule has 12 heteroatoms. The zero-order valence-electron chi connectivity index (χ0n) is 7.93. The van der Waals surface area contributed by atoms with Crippen LogP contribution < -0.4 is 4.13 Å². The zero-order valence-corrected chi connectivity index (χ0v) is 9.56. The van der Waals surface area contributed by atoms with Gasteiger partial charge in [0.25, 0.3) is 0 Å². The molecule has 0 aliphatic carbocycles. The summed E-state index contributed by atoms with van der Waals surface area (Å²) in [4.78, 5) is 10.4. The van der Waals surface area contributed by atoms with E-state index < -0.39 is 31.6 Å². The summed E-state index contributed by atoms with van der Waals surface area (Å²) in [5.74, 6) is -2.42. The van der Waals surface area contributed by atoms with Crippen LogP contribution in [-0.4, -0.2) is 42.3 Å². The summed E-state index contributed by atoms with van der Waals surface area (Å²) in [6, 6.07) is 0. The maximum atomic E-state index is 12.8. The maximum Gasteiger partial charge on any atom is 0.455 e. The Bertz CT molecular complexity index is 467. The van der Waals surface area contributed by atoms with Gasteiger partial charge in [-0.25, -0.2) is 13.2 Å². The molecule has 0 unspecified atom stereocenters. The highest BCUT2D eigenvalue weighted by atomic mass is 32.3. The van der Waals surface area contributed by atoms with Crippen molar-refractivity contribution in [1.82, 2.24) is 4.13 Å². The van der Waals surface area contributed by atoms with Gasteiger partial charge in [0.05, 0.1) is 14.2 Å². The van der Waals surface area contributed by atoms with Gasteiger partial charge in [-0.05, 0) is 0 Å². The van der Waals surface area contributed by atoms with Crippen molar-refractivity contribution in [2.24, 2.45) is 0 Å². The number of methoxy groups -OCH3 is 1. The highest BCUT2D eigenvalue weighted by Crippen LogP contribution is 2.22. The van der Waals surface area contributed by atoms with Crippen molar-refractivity contribution in [2.45, 2.75) is 5.25 Å². The molecule has 96 valence electrons. The van der Waals surface area contributed by atoms with Crippen LogP contribution in [0.2, 0.25) is 0 Å². The number of esters is 1. The van der Waals surface area contributed by atoms with E-state index in [1.54, 1.807) is 0 Å². The summed E-state index contributed by atoms with van der Waals surface area (Å²) in [7, 11) is -9.69. The zero-order chi connectivity index (χ0) is 13.2. The van der Waals surface area contributed by atoms with E-state index in [9.17, 15) is 30.4 Å². The second-order valence-corrected chi connectivity index (χ2v) is 5.64. The first-order chi connectivity index (χ1) is 7.00. The van der Waals surface area contributed by atoms with Gasteiger partial charge >= 0.3 is 31.6 Å². The molecule has 0 aliphatic rings. The summed E-state index contributed by atoms with van der Waals surface area (Å²) in [6.45, 7) is 0. The van der Waals surface area contributed by atoms with E-state index in [2.05, 4.69) is 8.92 Å². The third-order valence-electron chi connectivity index (χ3n) is 1.19. The number of nitrogens with one attached hydrogen (secondary N) is 1. The summed E-state index contributed by atoms with van der Waals surface area (Å²) >= 11 is 0. The Morgan fingerprint density at radius 2 is 1.62 bits per heavy atom. The molecule has 0 rings (SSSR count). The molecule has 0 saturated heterocycles. The van der Waals surface area contributed by atoms with Gasteiger partial charge in [0.1, 0.15) is 0 Å². The number of carbonyl (C=O) groups excluding carboxylic acids is 1. The number of carbonyl (C=O) groups is 1. The van der Waals surface area contributed by atoms with Crippen LogP contribution in [0.3, 0.4) is 0 Å². The largest absolute Gasteiger partial charge is 0.464 e. The van der Waals surface area contributed by atoms with Crippen LogP contribution in [0.5, 0.6) is 0 Å². The summed E-state index contributed by atoms with van der Waals surface area (Å²) in [5, 5.41) is -5.05. The summed E-state index contributed by atoms with van der Waals surface area (Å²) in [6.07, 6.45) is 0. The molecule has 1 N–H and O–H groups in total. The van der Waals surface area contributed by atoms with Crippen LogP contribution in [0, 0.1) is 0 Å². The van der Waals surface area contributed by atoms with E-state index in [0.717, 1.165) is 0 Å². The lowest BCUT2D eigenvalue weighted by atomic mass is 10.7. The summed E-state index contributed by atoms with van der Waals surface area (Å²) in [5.41, 5.74) is 0. The van der Waals surface area contributed by atoms with Crippen molar-refractivity contribution in [2.75, 3.05) is 14.2 Å². The van der Waals surface area contributed by atoms with Crippen LogP contribution in [0.15, 0.2) is 0 Å². The molecule has 0 aliphatic heterocycles. The molecule has 0 amide bonds. The van der Waals surface area contributed by atoms with Crippen molar-refractivity contribution >= 4 is 26.3 Å². The number of hydrogen-bond acceptors (Lipinski definition) is 7. The van der Waals surface area contributed by atoms with E-state index in [0.29, 0.717) is 18.3 Å². The lowest BCUT2D eigenvalue weighted by molar-refractivity contribution is -0.157. The molecule has 0 bridgehead atoms. The van der Waals surface area contributed by atoms with E-state index in [1.165, 1.54) is 0 Å². The molecule has 16 heavy (non-hydrogen) atoms. The first-order valence-corrected chi connectivity index (χ1v) is 6.19. The fourth-order valence-electron chi connectivity index (χ4n) is 0.449. The Morgan fingerprint density at radius 1 is 1.19 bits per heavy atom. The van der Waals surface area contributed by atoms with E-state index in [4.69, 9.17) is 0 Å². The van der Waals surface area contributed by atoms with Gasteiger partial charge in [0.2, 0.25) is 0 Å². The molecule has 0 aromatic carbocycles. The molecule has 0 aromatic rings. The molecule has 0 aromatic heterocycles. The molecular weight excluding hydrogens is 276 g/mol. The minimum absolute atomic E-state index is 0.509. The Morgan fingerprint density at radius 3 is 1.94 bits per heavy atom. The number of ether oxygens (including phenoxy) is 1. The van der Waals surface area contributed by atoms with Gasteiger partial charge in [0, 0.05) is 0 Å². The predicted octanol–water partition coefficient (Wildman–Crippen LogP) is -1.44. The second-order valence-electron chi connectivity index (χ2n) is 2.22. The van der Waals surface area contributed by atoms with Gasteiger partial charge in [0.15, 0.2) is 0 Å². The molecule has 0 radical (unpaired) electrons. The topological polar surface area (TPSA) is 116 Å². The average molecular weight is 283 g/mol. The Labute approximate surface area is 89.8 Å².